The number of sulfonamides is 1. The van der Waals surface area contributed by atoms with Gasteiger partial charge in [-0.05, 0) is 13.1 Å². The fourth-order valence-electron chi connectivity index (χ4n) is 1.79. The Morgan fingerprint density at radius 2 is 2.00 bits per heavy atom. The van der Waals surface area contributed by atoms with Gasteiger partial charge in [0, 0.05) is 32.0 Å². The summed E-state index contributed by atoms with van der Waals surface area (Å²) in [6, 6.07) is 1.38. The average molecular weight is 313 g/mol. The van der Waals surface area contributed by atoms with Crippen LogP contribution in [0.25, 0.3) is 0 Å². The van der Waals surface area contributed by atoms with Gasteiger partial charge in [-0.15, -0.1) is 0 Å². The highest BCUT2D eigenvalue weighted by molar-refractivity contribution is 7.89. The molecule has 20 heavy (non-hydrogen) atoms. The molecule has 1 heterocycles. The van der Waals surface area contributed by atoms with Crippen LogP contribution >= 0.6 is 0 Å². The number of rotatable bonds is 6. The minimum absolute atomic E-state index is 0.128. The van der Waals surface area contributed by atoms with Gasteiger partial charge in [-0.25, -0.2) is 8.42 Å². The van der Waals surface area contributed by atoms with Gasteiger partial charge in [0.15, 0.2) is 0 Å². The Labute approximate surface area is 116 Å². The van der Waals surface area contributed by atoms with Gasteiger partial charge in [0.05, 0.1) is 0 Å². The van der Waals surface area contributed by atoms with Crippen LogP contribution in [0.4, 0.5) is 13.2 Å². The molecular formula is C11H18F3N3O2S. The van der Waals surface area contributed by atoms with Crippen molar-refractivity contribution in [3.05, 3.63) is 18.0 Å². The van der Waals surface area contributed by atoms with Gasteiger partial charge in [-0.2, -0.15) is 17.5 Å². The Morgan fingerprint density at radius 3 is 2.45 bits per heavy atom. The maximum absolute atomic E-state index is 12.4. The molecule has 0 saturated carbocycles. The lowest BCUT2D eigenvalue weighted by Gasteiger charge is -2.21. The molecule has 1 N–H and O–H groups in total. The van der Waals surface area contributed by atoms with E-state index in [1.54, 1.807) is 18.7 Å². The SMILES string of the molecule is CCN(CC(F)(F)F)S(=O)(=O)c1cc(CNC)n(C)c1. The smallest absolute Gasteiger partial charge is 0.352 e. The van der Waals surface area contributed by atoms with Gasteiger partial charge in [0.1, 0.15) is 11.4 Å². The minimum atomic E-state index is -4.56. The number of nitrogens with one attached hydrogen (secondary N) is 1. The zero-order valence-corrected chi connectivity index (χ0v) is 12.3. The first-order valence-corrected chi connectivity index (χ1v) is 7.42. The van der Waals surface area contributed by atoms with Crippen molar-refractivity contribution in [3.8, 4) is 0 Å². The second kappa shape index (κ2) is 6.15. The number of nitrogens with zero attached hydrogens (tertiary/aromatic N) is 2. The first kappa shape index (κ1) is 17.0. The molecule has 0 spiro atoms. The van der Waals surface area contributed by atoms with E-state index in [0.29, 0.717) is 16.5 Å². The molecule has 0 unspecified atom stereocenters. The number of aryl methyl sites for hydroxylation is 1. The van der Waals surface area contributed by atoms with Crippen molar-refractivity contribution in [3.63, 3.8) is 0 Å². The van der Waals surface area contributed by atoms with E-state index in [2.05, 4.69) is 5.32 Å². The van der Waals surface area contributed by atoms with Crippen molar-refractivity contribution < 1.29 is 21.6 Å². The highest BCUT2D eigenvalue weighted by Gasteiger charge is 2.36. The van der Waals surface area contributed by atoms with Gasteiger partial charge in [0.2, 0.25) is 10.0 Å². The summed E-state index contributed by atoms with van der Waals surface area (Å²) in [5, 5.41) is 2.86. The van der Waals surface area contributed by atoms with E-state index < -0.39 is 22.7 Å². The molecule has 5 nitrogen and oxygen atoms in total. The fourth-order valence-corrected chi connectivity index (χ4v) is 3.32. The Bertz CT molecular complexity index is 552. The molecule has 1 rings (SSSR count). The van der Waals surface area contributed by atoms with Gasteiger partial charge >= 0.3 is 6.18 Å². The Balaban J connectivity index is 3.11. The lowest BCUT2D eigenvalue weighted by Crippen LogP contribution is -2.38. The third kappa shape index (κ3) is 3.97. The van der Waals surface area contributed by atoms with E-state index in [9.17, 15) is 21.6 Å². The van der Waals surface area contributed by atoms with E-state index in [1.165, 1.54) is 19.2 Å². The van der Waals surface area contributed by atoms with Crippen molar-refractivity contribution in [1.82, 2.24) is 14.2 Å². The maximum atomic E-state index is 12.4. The molecular weight excluding hydrogens is 295 g/mol. The van der Waals surface area contributed by atoms with Crippen LogP contribution in [-0.4, -0.2) is 43.6 Å². The summed E-state index contributed by atoms with van der Waals surface area (Å²) in [7, 11) is -0.797. The molecule has 0 aliphatic carbocycles. The third-order valence-electron chi connectivity index (χ3n) is 2.79. The van der Waals surface area contributed by atoms with Crippen molar-refractivity contribution in [1.29, 1.82) is 0 Å². The molecule has 0 fully saturated rings. The van der Waals surface area contributed by atoms with Crippen LogP contribution in [0.3, 0.4) is 0 Å². The predicted octanol–water partition coefficient (Wildman–Crippen LogP) is 1.32. The van der Waals surface area contributed by atoms with Gasteiger partial charge in [-0.1, -0.05) is 6.92 Å². The van der Waals surface area contributed by atoms with Crippen LogP contribution in [0.5, 0.6) is 0 Å². The minimum Gasteiger partial charge on any atom is -0.352 e. The Hall–Kier alpha value is -1.06. The summed E-state index contributed by atoms with van der Waals surface area (Å²) < 4.78 is 63.7. The summed E-state index contributed by atoms with van der Waals surface area (Å²) in [5.41, 5.74) is 0.675. The van der Waals surface area contributed by atoms with E-state index in [4.69, 9.17) is 0 Å². The molecule has 9 heteroatoms. The van der Waals surface area contributed by atoms with Crippen molar-refractivity contribution in [2.24, 2.45) is 7.05 Å². The molecule has 0 atom stereocenters. The topological polar surface area (TPSA) is 54.3 Å². The summed E-state index contributed by atoms with van der Waals surface area (Å²) in [6.45, 7) is 0.0817. The molecule has 1 aromatic rings. The van der Waals surface area contributed by atoms with Crippen molar-refractivity contribution in [2.45, 2.75) is 24.5 Å². The van der Waals surface area contributed by atoms with E-state index in [0.717, 1.165) is 0 Å². The van der Waals surface area contributed by atoms with Crippen molar-refractivity contribution >= 4 is 10.0 Å². The van der Waals surface area contributed by atoms with Crippen LogP contribution in [0, 0.1) is 0 Å². The number of hydrogen-bond acceptors (Lipinski definition) is 3. The maximum Gasteiger partial charge on any atom is 0.402 e. The lowest BCUT2D eigenvalue weighted by atomic mass is 10.4. The molecule has 0 amide bonds. The molecule has 0 aromatic carbocycles. The summed E-state index contributed by atoms with van der Waals surface area (Å²) in [5.74, 6) is 0. The summed E-state index contributed by atoms with van der Waals surface area (Å²) in [6.07, 6.45) is -3.24. The zero-order valence-electron chi connectivity index (χ0n) is 11.5. The first-order valence-electron chi connectivity index (χ1n) is 5.98. The molecule has 0 aliphatic heterocycles. The Morgan fingerprint density at radius 1 is 1.40 bits per heavy atom. The lowest BCUT2D eigenvalue weighted by molar-refractivity contribution is -0.135. The molecule has 1 aromatic heterocycles. The highest BCUT2D eigenvalue weighted by Crippen LogP contribution is 2.23. The van der Waals surface area contributed by atoms with Crippen molar-refractivity contribution in [2.75, 3.05) is 20.1 Å². The van der Waals surface area contributed by atoms with Crippen LogP contribution in [-0.2, 0) is 23.6 Å². The van der Waals surface area contributed by atoms with Gasteiger partial charge in [0.25, 0.3) is 0 Å². The van der Waals surface area contributed by atoms with E-state index in [1.807, 2.05) is 0 Å². The van der Waals surface area contributed by atoms with Gasteiger partial charge in [-0.3, -0.25) is 0 Å². The van der Waals surface area contributed by atoms with Crippen LogP contribution in [0.15, 0.2) is 17.2 Å². The number of alkyl halides is 3. The summed E-state index contributed by atoms with van der Waals surface area (Å²) in [4.78, 5) is -0.128. The van der Waals surface area contributed by atoms with Crippen LogP contribution in [0.1, 0.15) is 12.6 Å². The second-order valence-corrected chi connectivity index (χ2v) is 6.29. The standard InChI is InChI=1S/C11H18F3N3O2S/c1-4-17(8-11(12,13)14)20(18,19)10-5-9(6-15-2)16(3)7-10/h5,7,15H,4,6,8H2,1-3H3. The quantitative estimate of drug-likeness (QED) is 0.862. The second-order valence-electron chi connectivity index (χ2n) is 4.35. The normalized spacial score (nSPS) is 13.2. The average Bonchev–Trinajstić information content (AvgIpc) is 2.68. The highest BCUT2D eigenvalue weighted by atomic mass is 32.2. The Kier molecular flexibility index (Phi) is 5.22. The van der Waals surface area contributed by atoms with E-state index in [-0.39, 0.29) is 11.4 Å². The van der Waals surface area contributed by atoms with E-state index >= 15 is 0 Å². The zero-order chi connectivity index (χ0) is 15.6. The third-order valence-corrected chi connectivity index (χ3v) is 4.67. The predicted molar refractivity (Wildman–Crippen MR) is 68.7 cm³/mol. The van der Waals surface area contributed by atoms with Crippen LogP contribution in [0.2, 0.25) is 0 Å². The monoisotopic (exact) mass is 313 g/mol. The summed E-state index contributed by atoms with van der Waals surface area (Å²) >= 11 is 0. The fraction of sp³-hybridized carbons (Fsp3) is 0.636. The largest absolute Gasteiger partial charge is 0.402 e. The van der Waals surface area contributed by atoms with Gasteiger partial charge < -0.3 is 9.88 Å². The molecule has 116 valence electrons. The number of hydrogen-bond donors (Lipinski definition) is 1. The first-order chi connectivity index (χ1) is 9.11. The number of aromatic nitrogens is 1. The molecule has 0 bridgehead atoms. The molecule has 0 radical (unpaired) electrons. The molecule has 0 saturated heterocycles. The molecule has 0 aliphatic rings. The number of halogens is 3. The van der Waals surface area contributed by atoms with Crippen LogP contribution < -0.4 is 5.32 Å².